The van der Waals surface area contributed by atoms with E-state index in [0.717, 1.165) is 17.7 Å². The Kier molecular flexibility index (Phi) is 4.60. The molecule has 1 aromatic heterocycles. The van der Waals surface area contributed by atoms with Gasteiger partial charge in [0.25, 0.3) is 5.91 Å². The number of amides is 2. The predicted octanol–water partition coefficient (Wildman–Crippen LogP) is 1.71. The molecule has 98 valence electrons. The summed E-state index contributed by atoms with van der Waals surface area (Å²) in [5, 5.41) is 4.88. The monoisotopic (exact) mass is 286 g/mol. The highest BCUT2D eigenvalue weighted by Crippen LogP contribution is 2.13. The van der Waals surface area contributed by atoms with Gasteiger partial charge in [0.1, 0.15) is 5.88 Å². The normalized spacial score (nSPS) is 16.6. The number of hydrogen-bond donors (Lipinski definition) is 1. The van der Waals surface area contributed by atoms with Gasteiger partial charge >= 0.3 is 0 Å². The topological polar surface area (TPSA) is 49.4 Å². The molecule has 2 rings (SSSR count). The first-order valence-electron chi connectivity index (χ1n) is 5.89. The van der Waals surface area contributed by atoms with Crippen molar-refractivity contribution in [3.05, 3.63) is 22.4 Å². The fourth-order valence-electron chi connectivity index (χ4n) is 2.02. The molecule has 1 aliphatic heterocycles. The molecule has 18 heavy (non-hydrogen) atoms. The molecule has 0 radical (unpaired) electrons. The van der Waals surface area contributed by atoms with Crippen molar-refractivity contribution < 1.29 is 9.59 Å². The van der Waals surface area contributed by atoms with Gasteiger partial charge in [0.05, 0.1) is 4.88 Å². The number of nitrogens with zero attached hydrogens (tertiary/aromatic N) is 1. The van der Waals surface area contributed by atoms with Crippen molar-refractivity contribution in [2.75, 3.05) is 19.0 Å². The molecule has 0 bridgehead atoms. The van der Waals surface area contributed by atoms with Gasteiger partial charge in [-0.2, -0.15) is 0 Å². The number of carbonyl (C=O) groups excluding carboxylic acids is 2. The number of likely N-dealkylation sites (tertiary alicyclic amines) is 1. The summed E-state index contributed by atoms with van der Waals surface area (Å²) in [5.41, 5.74) is 0. The first-order chi connectivity index (χ1) is 8.70. The highest BCUT2D eigenvalue weighted by atomic mass is 35.5. The van der Waals surface area contributed by atoms with E-state index in [0.29, 0.717) is 13.1 Å². The van der Waals surface area contributed by atoms with Crippen LogP contribution in [0.1, 0.15) is 22.5 Å². The summed E-state index contributed by atoms with van der Waals surface area (Å²) in [5.74, 6) is -0.0153. The van der Waals surface area contributed by atoms with Crippen molar-refractivity contribution in [2.24, 2.45) is 0 Å². The Morgan fingerprint density at radius 1 is 1.44 bits per heavy atom. The third-order valence-corrected chi connectivity index (χ3v) is 4.14. The lowest BCUT2D eigenvalue weighted by Gasteiger charge is -2.31. The van der Waals surface area contributed by atoms with Crippen LogP contribution >= 0.6 is 22.9 Å². The zero-order chi connectivity index (χ0) is 13.0. The highest BCUT2D eigenvalue weighted by Gasteiger charge is 2.23. The van der Waals surface area contributed by atoms with Gasteiger partial charge in [-0.3, -0.25) is 9.59 Å². The van der Waals surface area contributed by atoms with Gasteiger partial charge in [0.2, 0.25) is 5.91 Å². The highest BCUT2D eigenvalue weighted by molar-refractivity contribution is 7.12. The van der Waals surface area contributed by atoms with E-state index < -0.39 is 0 Å². The van der Waals surface area contributed by atoms with Gasteiger partial charge in [-0.1, -0.05) is 6.07 Å². The van der Waals surface area contributed by atoms with Gasteiger partial charge in [0, 0.05) is 19.1 Å². The Bertz CT molecular complexity index is 414. The average Bonchev–Trinajstić information content (AvgIpc) is 2.92. The minimum atomic E-state index is -0.0281. The molecule has 2 amide bonds. The Hall–Kier alpha value is -1.07. The summed E-state index contributed by atoms with van der Waals surface area (Å²) in [7, 11) is 0. The molecule has 0 unspecified atom stereocenters. The molecule has 4 nitrogen and oxygen atoms in total. The van der Waals surface area contributed by atoms with E-state index in [1.807, 2.05) is 17.5 Å². The lowest BCUT2D eigenvalue weighted by atomic mass is 10.0. The minimum Gasteiger partial charge on any atom is -0.348 e. The Morgan fingerprint density at radius 2 is 2.17 bits per heavy atom. The summed E-state index contributed by atoms with van der Waals surface area (Å²) in [6.07, 6.45) is 1.58. The van der Waals surface area contributed by atoms with E-state index in [2.05, 4.69) is 5.32 Å². The number of rotatable bonds is 3. The van der Waals surface area contributed by atoms with Crippen LogP contribution in [-0.2, 0) is 4.79 Å². The lowest BCUT2D eigenvalue weighted by Crippen LogP contribution is -2.46. The zero-order valence-electron chi connectivity index (χ0n) is 9.89. The molecule has 1 aliphatic rings. The standard InChI is InChI=1S/C12H15ClN2O2S/c13-8-11(16)15-5-3-9(4-6-15)14-12(17)10-2-1-7-18-10/h1-2,7,9H,3-6,8H2,(H,14,17). The van der Waals surface area contributed by atoms with Crippen LogP contribution < -0.4 is 5.32 Å². The van der Waals surface area contributed by atoms with Crippen LogP contribution in [0.5, 0.6) is 0 Å². The van der Waals surface area contributed by atoms with E-state index in [1.54, 1.807) is 4.90 Å². The largest absolute Gasteiger partial charge is 0.348 e. The summed E-state index contributed by atoms with van der Waals surface area (Å²) in [6.45, 7) is 1.34. The van der Waals surface area contributed by atoms with Gasteiger partial charge in [-0.25, -0.2) is 0 Å². The van der Waals surface area contributed by atoms with E-state index in [-0.39, 0.29) is 23.7 Å². The smallest absolute Gasteiger partial charge is 0.261 e. The SMILES string of the molecule is O=C(NC1CCN(C(=O)CCl)CC1)c1cccs1. The van der Waals surface area contributed by atoms with Crippen LogP contribution in [0.3, 0.4) is 0 Å². The van der Waals surface area contributed by atoms with Gasteiger partial charge in [-0.05, 0) is 24.3 Å². The fraction of sp³-hybridized carbons (Fsp3) is 0.500. The maximum absolute atomic E-state index is 11.8. The zero-order valence-corrected chi connectivity index (χ0v) is 11.5. The second kappa shape index (κ2) is 6.20. The van der Waals surface area contributed by atoms with Crippen LogP contribution in [-0.4, -0.2) is 41.7 Å². The molecule has 1 aromatic rings. The lowest BCUT2D eigenvalue weighted by molar-refractivity contribution is -0.129. The van der Waals surface area contributed by atoms with Crippen molar-refractivity contribution in [1.29, 1.82) is 0 Å². The second-order valence-corrected chi connectivity index (χ2v) is 5.45. The third-order valence-electron chi connectivity index (χ3n) is 3.04. The van der Waals surface area contributed by atoms with E-state index in [4.69, 9.17) is 11.6 Å². The van der Waals surface area contributed by atoms with Crippen LogP contribution in [0.25, 0.3) is 0 Å². The molecular formula is C12H15ClN2O2S. The number of carbonyl (C=O) groups is 2. The number of piperidine rings is 1. The Labute approximate surface area is 115 Å². The summed E-state index contributed by atoms with van der Waals surface area (Å²) < 4.78 is 0. The van der Waals surface area contributed by atoms with Crippen molar-refractivity contribution in [3.8, 4) is 0 Å². The van der Waals surface area contributed by atoms with Gasteiger partial charge in [-0.15, -0.1) is 22.9 Å². The first-order valence-corrected chi connectivity index (χ1v) is 7.30. The number of thiophene rings is 1. The van der Waals surface area contributed by atoms with Crippen LogP contribution in [0.15, 0.2) is 17.5 Å². The maximum Gasteiger partial charge on any atom is 0.261 e. The van der Waals surface area contributed by atoms with Crippen molar-refractivity contribution in [2.45, 2.75) is 18.9 Å². The average molecular weight is 287 g/mol. The number of alkyl halides is 1. The molecule has 0 aromatic carbocycles. The molecule has 0 aliphatic carbocycles. The molecule has 0 atom stereocenters. The van der Waals surface area contributed by atoms with Crippen LogP contribution in [0.2, 0.25) is 0 Å². The van der Waals surface area contributed by atoms with E-state index in [1.165, 1.54) is 11.3 Å². The molecule has 1 N–H and O–H groups in total. The number of nitrogens with one attached hydrogen (secondary N) is 1. The van der Waals surface area contributed by atoms with Crippen LogP contribution in [0, 0.1) is 0 Å². The predicted molar refractivity (Wildman–Crippen MR) is 72.1 cm³/mol. The van der Waals surface area contributed by atoms with Crippen LogP contribution in [0.4, 0.5) is 0 Å². The molecular weight excluding hydrogens is 272 g/mol. The summed E-state index contributed by atoms with van der Waals surface area (Å²) in [6, 6.07) is 3.83. The Morgan fingerprint density at radius 3 is 2.72 bits per heavy atom. The summed E-state index contributed by atoms with van der Waals surface area (Å²) in [4.78, 5) is 25.7. The molecule has 6 heteroatoms. The number of hydrogen-bond acceptors (Lipinski definition) is 3. The van der Waals surface area contributed by atoms with Crippen molar-refractivity contribution in [3.63, 3.8) is 0 Å². The molecule has 2 heterocycles. The molecule has 0 saturated carbocycles. The molecule has 0 spiro atoms. The van der Waals surface area contributed by atoms with E-state index >= 15 is 0 Å². The second-order valence-electron chi connectivity index (χ2n) is 4.24. The Balaban J connectivity index is 1.80. The quantitative estimate of drug-likeness (QED) is 0.860. The van der Waals surface area contributed by atoms with E-state index in [9.17, 15) is 9.59 Å². The minimum absolute atomic E-state index is 0.0212. The summed E-state index contributed by atoms with van der Waals surface area (Å²) >= 11 is 6.95. The third kappa shape index (κ3) is 3.23. The van der Waals surface area contributed by atoms with Crippen molar-refractivity contribution >= 4 is 34.8 Å². The maximum atomic E-state index is 11.8. The number of halogens is 1. The van der Waals surface area contributed by atoms with Crippen molar-refractivity contribution in [1.82, 2.24) is 10.2 Å². The first kappa shape index (κ1) is 13.4. The fourth-order valence-corrected chi connectivity index (χ4v) is 2.82. The van der Waals surface area contributed by atoms with Gasteiger partial charge < -0.3 is 10.2 Å². The molecule has 1 fully saturated rings. The van der Waals surface area contributed by atoms with Gasteiger partial charge in [0.15, 0.2) is 0 Å². The molecule has 1 saturated heterocycles.